The van der Waals surface area contributed by atoms with Crippen molar-refractivity contribution in [1.82, 2.24) is 14.9 Å². The van der Waals surface area contributed by atoms with Crippen LogP contribution in [0.5, 0.6) is 5.75 Å². The molecule has 3 aromatic rings. The summed E-state index contributed by atoms with van der Waals surface area (Å²) in [5.74, 6) is 0.849. The summed E-state index contributed by atoms with van der Waals surface area (Å²) in [7, 11) is 1.54. The van der Waals surface area contributed by atoms with E-state index in [4.69, 9.17) is 25.5 Å². The molecule has 182 valence electrons. The molecule has 2 atom stereocenters. The van der Waals surface area contributed by atoms with Crippen molar-refractivity contribution < 1.29 is 23.8 Å². The molecule has 0 aliphatic carbocycles. The van der Waals surface area contributed by atoms with E-state index in [1.807, 2.05) is 26.8 Å². The summed E-state index contributed by atoms with van der Waals surface area (Å²) < 4.78 is 17.4. The topological polar surface area (TPSA) is 97.9 Å². The number of halogens is 1. The van der Waals surface area contributed by atoms with Crippen LogP contribution in [0.2, 0.25) is 5.02 Å². The highest BCUT2D eigenvalue weighted by Gasteiger charge is 2.37. The number of hydrogen-bond acceptors (Lipinski definition) is 7. The van der Waals surface area contributed by atoms with Crippen LogP contribution in [0, 0.1) is 0 Å². The van der Waals surface area contributed by atoms with Gasteiger partial charge in [0, 0.05) is 48.0 Å². The van der Waals surface area contributed by atoms with E-state index in [0.717, 1.165) is 5.69 Å². The molecule has 0 bridgehead atoms. The smallest absolute Gasteiger partial charge is 0.254 e. The molecule has 1 fully saturated rings. The molecule has 2 aromatic heterocycles. The van der Waals surface area contributed by atoms with Gasteiger partial charge in [-0.15, -0.1) is 0 Å². The molecule has 0 saturated carbocycles. The molecule has 1 aliphatic rings. The first-order valence-electron chi connectivity index (χ1n) is 11.4. The molecule has 3 heterocycles. The number of carbonyl (C=O) groups is 1. The quantitative estimate of drug-likeness (QED) is 0.532. The lowest BCUT2D eigenvalue weighted by Gasteiger charge is -2.43. The van der Waals surface area contributed by atoms with Gasteiger partial charge in [-0.25, -0.2) is 4.98 Å². The van der Waals surface area contributed by atoms with Gasteiger partial charge < -0.3 is 23.9 Å². The van der Waals surface area contributed by atoms with Gasteiger partial charge in [-0.3, -0.25) is 9.78 Å². The van der Waals surface area contributed by atoms with E-state index in [0.29, 0.717) is 59.3 Å². The Morgan fingerprint density at radius 2 is 2.18 bits per heavy atom. The Balaban J connectivity index is 1.63. The number of benzene rings is 1. The van der Waals surface area contributed by atoms with E-state index < -0.39 is 5.60 Å². The van der Waals surface area contributed by atoms with E-state index >= 15 is 0 Å². The molecular formula is C25H30ClN3O5. The molecular weight excluding hydrogens is 458 g/mol. The normalized spacial score (nSPS) is 18.8. The third-order valence-electron chi connectivity index (χ3n) is 6.08. The molecule has 1 unspecified atom stereocenters. The van der Waals surface area contributed by atoms with Crippen LogP contribution in [0.4, 0.5) is 0 Å². The predicted molar refractivity (Wildman–Crippen MR) is 128 cm³/mol. The zero-order valence-corrected chi connectivity index (χ0v) is 20.6. The molecule has 0 spiro atoms. The first-order valence-corrected chi connectivity index (χ1v) is 11.7. The van der Waals surface area contributed by atoms with Crippen LogP contribution in [0.15, 0.2) is 34.9 Å². The highest BCUT2D eigenvalue weighted by molar-refractivity contribution is 6.30. The average Bonchev–Trinajstić information content (AvgIpc) is 3.21. The standard InChI is InChI=1S/C25H30ClN3O5/c1-15(19-12-17(26)5-7-27-19)9-22-28-20-10-16(11-21(32-4)23(20)34-22)24(31)29-14-25(2,3)33-13-18(29)6-8-30/h5,7,10-12,15,18,30H,6,8-9,13-14H2,1-4H3/t15?,18-/m1/s1. The highest BCUT2D eigenvalue weighted by Crippen LogP contribution is 2.32. The summed E-state index contributed by atoms with van der Waals surface area (Å²) in [5, 5.41) is 10.1. The van der Waals surface area contributed by atoms with Gasteiger partial charge in [0.05, 0.1) is 25.4 Å². The van der Waals surface area contributed by atoms with Crippen molar-refractivity contribution in [2.45, 2.75) is 51.2 Å². The number of amides is 1. The number of rotatable bonds is 7. The van der Waals surface area contributed by atoms with Crippen LogP contribution < -0.4 is 4.74 Å². The number of ether oxygens (including phenoxy) is 2. The Morgan fingerprint density at radius 3 is 2.88 bits per heavy atom. The number of nitrogens with zero attached hydrogens (tertiary/aromatic N) is 3. The second-order valence-corrected chi connectivity index (χ2v) is 9.74. The van der Waals surface area contributed by atoms with E-state index in [9.17, 15) is 9.90 Å². The summed E-state index contributed by atoms with van der Waals surface area (Å²) in [6, 6.07) is 6.78. The van der Waals surface area contributed by atoms with Crippen molar-refractivity contribution in [3.05, 3.63) is 52.6 Å². The Labute approximate surface area is 203 Å². The van der Waals surface area contributed by atoms with E-state index in [1.54, 1.807) is 29.3 Å². The predicted octanol–water partition coefficient (Wildman–Crippen LogP) is 4.23. The highest BCUT2D eigenvalue weighted by atomic mass is 35.5. The maximum atomic E-state index is 13.5. The van der Waals surface area contributed by atoms with Crippen LogP contribution in [0.25, 0.3) is 11.1 Å². The average molecular weight is 488 g/mol. The monoisotopic (exact) mass is 487 g/mol. The molecule has 1 N–H and O–H groups in total. The summed E-state index contributed by atoms with van der Waals surface area (Å²) in [6.07, 6.45) is 2.65. The maximum absolute atomic E-state index is 13.5. The molecule has 1 aromatic carbocycles. The lowest BCUT2D eigenvalue weighted by Crippen LogP contribution is -2.56. The van der Waals surface area contributed by atoms with E-state index in [2.05, 4.69) is 9.97 Å². The minimum absolute atomic E-state index is 0.0209. The van der Waals surface area contributed by atoms with E-state index in [1.165, 1.54) is 7.11 Å². The van der Waals surface area contributed by atoms with Crippen molar-refractivity contribution >= 4 is 28.6 Å². The fraction of sp³-hybridized carbons (Fsp3) is 0.480. The zero-order chi connectivity index (χ0) is 24.5. The Kier molecular flexibility index (Phi) is 7.12. The molecule has 8 nitrogen and oxygen atoms in total. The number of aromatic nitrogens is 2. The van der Waals surface area contributed by atoms with Crippen molar-refractivity contribution in [3.63, 3.8) is 0 Å². The lowest BCUT2D eigenvalue weighted by atomic mass is 10.0. The first-order chi connectivity index (χ1) is 16.2. The van der Waals surface area contributed by atoms with Gasteiger partial charge in [-0.2, -0.15) is 0 Å². The second kappa shape index (κ2) is 9.90. The van der Waals surface area contributed by atoms with Gasteiger partial charge in [0.2, 0.25) is 0 Å². The molecule has 4 rings (SSSR count). The number of methoxy groups -OCH3 is 1. The van der Waals surface area contributed by atoms with Crippen molar-refractivity contribution in [2.75, 3.05) is 26.9 Å². The number of hydrogen-bond donors (Lipinski definition) is 1. The number of morpholine rings is 1. The molecule has 0 radical (unpaired) electrons. The number of aliphatic hydroxyl groups is 1. The van der Waals surface area contributed by atoms with Crippen molar-refractivity contribution in [2.24, 2.45) is 0 Å². The Hall–Kier alpha value is -2.68. The largest absolute Gasteiger partial charge is 0.493 e. The van der Waals surface area contributed by atoms with Gasteiger partial charge in [-0.05, 0) is 44.5 Å². The summed E-state index contributed by atoms with van der Waals surface area (Å²) >= 11 is 6.10. The van der Waals surface area contributed by atoms with Crippen LogP contribution in [0.3, 0.4) is 0 Å². The Bertz CT molecular complexity index is 1180. The fourth-order valence-electron chi connectivity index (χ4n) is 4.26. The minimum atomic E-state index is -0.471. The SMILES string of the molecule is COc1cc(C(=O)N2CC(C)(C)OC[C@H]2CCO)cc2nc(CC(C)c3cc(Cl)ccn3)oc12. The van der Waals surface area contributed by atoms with Gasteiger partial charge in [0.25, 0.3) is 5.91 Å². The van der Waals surface area contributed by atoms with Crippen LogP contribution in [-0.4, -0.2) is 64.4 Å². The molecule has 9 heteroatoms. The van der Waals surface area contributed by atoms with Gasteiger partial charge in [0.15, 0.2) is 17.2 Å². The third kappa shape index (κ3) is 5.19. The van der Waals surface area contributed by atoms with E-state index in [-0.39, 0.29) is 24.5 Å². The summed E-state index contributed by atoms with van der Waals surface area (Å²) in [4.78, 5) is 24.3. The summed E-state index contributed by atoms with van der Waals surface area (Å²) in [5.41, 5.74) is 1.88. The zero-order valence-electron chi connectivity index (χ0n) is 19.9. The summed E-state index contributed by atoms with van der Waals surface area (Å²) in [6.45, 7) is 6.71. The molecule has 1 saturated heterocycles. The second-order valence-electron chi connectivity index (χ2n) is 9.31. The molecule has 34 heavy (non-hydrogen) atoms. The van der Waals surface area contributed by atoms with Gasteiger partial charge in [-0.1, -0.05) is 18.5 Å². The van der Waals surface area contributed by atoms with Crippen molar-refractivity contribution in [1.29, 1.82) is 0 Å². The number of pyridine rings is 1. The fourth-order valence-corrected chi connectivity index (χ4v) is 4.42. The number of oxazole rings is 1. The molecule has 1 aliphatic heterocycles. The van der Waals surface area contributed by atoms with Crippen LogP contribution in [-0.2, 0) is 11.2 Å². The number of fused-ring (bicyclic) bond motifs is 1. The van der Waals surface area contributed by atoms with Crippen LogP contribution in [0.1, 0.15) is 55.1 Å². The van der Waals surface area contributed by atoms with Gasteiger partial charge >= 0.3 is 0 Å². The number of aliphatic hydroxyl groups excluding tert-OH is 1. The maximum Gasteiger partial charge on any atom is 0.254 e. The van der Waals surface area contributed by atoms with Gasteiger partial charge in [0.1, 0.15) is 5.52 Å². The number of carbonyl (C=O) groups excluding carboxylic acids is 1. The molecule has 1 amide bonds. The first kappa shape index (κ1) is 24.4. The van der Waals surface area contributed by atoms with Crippen LogP contribution >= 0.6 is 11.6 Å². The van der Waals surface area contributed by atoms with Crippen molar-refractivity contribution in [3.8, 4) is 5.75 Å². The third-order valence-corrected chi connectivity index (χ3v) is 6.31. The minimum Gasteiger partial charge on any atom is -0.493 e. The lowest BCUT2D eigenvalue weighted by molar-refractivity contribution is -0.105. The Morgan fingerprint density at radius 1 is 1.38 bits per heavy atom.